The molecule has 1 aliphatic heterocycles. The lowest BCUT2D eigenvalue weighted by atomic mass is 9.46. The highest BCUT2D eigenvalue weighted by atomic mass is 32.2. The Labute approximate surface area is 125 Å². The van der Waals surface area contributed by atoms with Gasteiger partial charge in [-0.3, -0.25) is 0 Å². The van der Waals surface area contributed by atoms with Gasteiger partial charge < -0.3 is 0 Å². The van der Waals surface area contributed by atoms with Crippen LogP contribution in [0.2, 0.25) is 0 Å². The average molecular weight is 281 g/mol. The van der Waals surface area contributed by atoms with E-state index in [2.05, 4.69) is 59.5 Å². The molecule has 19 heavy (non-hydrogen) atoms. The highest BCUT2D eigenvalue weighted by molar-refractivity contribution is 8.09. The second-order valence-electron chi connectivity index (χ2n) is 7.08. The van der Waals surface area contributed by atoms with Gasteiger partial charge in [0.25, 0.3) is 0 Å². The summed E-state index contributed by atoms with van der Waals surface area (Å²) in [5.41, 5.74) is 1.69. The van der Waals surface area contributed by atoms with Gasteiger partial charge in [0.2, 0.25) is 0 Å². The summed E-state index contributed by atoms with van der Waals surface area (Å²) in [6.07, 6.45) is 7.49. The van der Waals surface area contributed by atoms with Crippen molar-refractivity contribution in [3.8, 4) is 0 Å². The van der Waals surface area contributed by atoms with Crippen molar-refractivity contribution in [3.05, 3.63) is 24.8 Å². The molecule has 3 atom stereocenters. The third-order valence-corrected chi connectivity index (χ3v) is 7.42. The van der Waals surface area contributed by atoms with E-state index in [0.29, 0.717) is 10.2 Å². The monoisotopic (exact) mass is 280 g/mol. The van der Waals surface area contributed by atoms with E-state index < -0.39 is 0 Å². The molecule has 0 amide bonds. The molecular formula is C18H32S. The molecule has 1 saturated heterocycles. The maximum Gasteiger partial charge on any atom is 0.0366 e. The molecule has 2 bridgehead atoms. The van der Waals surface area contributed by atoms with Crippen molar-refractivity contribution in [1.82, 2.24) is 0 Å². The topological polar surface area (TPSA) is 0 Å². The van der Waals surface area contributed by atoms with Crippen LogP contribution in [0.1, 0.15) is 67.2 Å². The molecule has 0 aromatic heterocycles. The summed E-state index contributed by atoms with van der Waals surface area (Å²) >= 11 is 2.28. The zero-order valence-corrected chi connectivity index (χ0v) is 14.6. The van der Waals surface area contributed by atoms with E-state index in [-0.39, 0.29) is 0 Å². The van der Waals surface area contributed by atoms with Crippen molar-refractivity contribution in [1.29, 1.82) is 0 Å². The lowest BCUT2D eigenvalue weighted by molar-refractivity contribution is -0.0255. The predicted octanol–water partition coefficient (Wildman–Crippen LogP) is 6.24. The van der Waals surface area contributed by atoms with Crippen LogP contribution in [0.15, 0.2) is 24.8 Å². The molecule has 0 N–H and O–H groups in total. The van der Waals surface area contributed by atoms with Crippen molar-refractivity contribution < 1.29 is 0 Å². The lowest BCUT2D eigenvalue weighted by Gasteiger charge is -2.58. The molecule has 1 spiro atoms. The summed E-state index contributed by atoms with van der Waals surface area (Å²) in [6.45, 7) is 20.6. The Morgan fingerprint density at radius 3 is 2.05 bits per heavy atom. The molecule has 3 aliphatic carbocycles. The van der Waals surface area contributed by atoms with Crippen LogP contribution in [0.4, 0.5) is 0 Å². The quantitative estimate of drug-likeness (QED) is 0.405. The molecule has 3 saturated carbocycles. The Balaban J connectivity index is 0.000000193. The second-order valence-corrected chi connectivity index (χ2v) is 8.88. The van der Waals surface area contributed by atoms with Gasteiger partial charge >= 0.3 is 0 Å². The lowest BCUT2D eigenvalue weighted by Crippen LogP contribution is -2.58. The minimum atomic E-state index is 0.671. The van der Waals surface area contributed by atoms with Crippen LogP contribution in [-0.4, -0.2) is 9.49 Å². The van der Waals surface area contributed by atoms with Crippen LogP contribution in [0.25, 0.3) is 0 Å². The first-order valence-electron chi connectivity index (χ1n) is 7.69. The first-order valence-corrected chi connectivity index (χ1v) is 8.50. The van der Waals surface area contributed by atoms with Gasteiger partial charge in [-0.15, -0.1) is 11.8 Å². The first kappa shape index (κ1) is 16.9. The fourth-order valence-electron chi connectivity index (χ4n) is 3.66. The van der Waals surface area contributed by atoms with Crippen LogP contribution in [-0.2, 0) is 0 Å². The molecule has 0 aromatic rings. The normalized spacial score (nSPS) is 39.2. The zero-order chi connectivity index (χ0) is 14.9. The molecule has 0 radical (unpaired) electrons. The van der Waals surface area contributed by atoms with Gasteiger partial charge in [0.05, 0.1) is 0 Å². The van der Waals surface area contributed by atoms with Gasteiger partial charge in [-0.05, 0) is 44.4 Å². The number of hydrogen-bond donors (Lipinski definition) is 0. The number of thioether (sulfide) groups is 1. The fourth-order valence-corrected chi connectivity index (χ4v) is 5.76. The second kappa shape index (κ2) is 5.68. The molecule has 4 aliphatic rings. The number of fused-ring (bicyclic) bond motifs is 1. The van der Waals surface area contributed by atoms with E-state index in [4.69, 9.17) is 0 Å². The molecule has 0 aromatic carbocycles. The molecule has 4 fully saturated rings. The van der Waals surface area contributed by atoms with Crippen molar-refractivity contribution in [3.63, 3.8) is 0 Å². The molecule has 3 unspecified atom stereocenters. The Kier molecular flexibility index (Phi) is 5.04. The molecule has 1 heteroatoms. The SMILES string of the molecule is C=CC(=C)C.CC12CCC3CC1(S2)C3(C)C.CCC. The smallest absolute Gasteiger partial charge is 0.0366 e. The van der Waals surface area contributed by atoms with Crippen molar-refractivity contribution in [2.45, 2.75) is 76.7 Å². The Morgan fingerprint density at radius 1 is 1.32 bits per heavy atom. The van der Waals surface area contributed by atoms with Crippen LogP contribution in [0, 0.1) is 11.3 Å². The van der Waals surface area contributed by atoms with Crippen molar-refractivity contribution >= 4 is 11.8 Å². The molecule has 0 nitrogen and oxygen atoms in total. The van der Waals surface area contributed by atoms with Crippen LogP contribution < -0.4 is 0 Å². The maximum absolute atomic E-state index is 3.56. The number of rotatable bonds is 1. The highest BCUT2D eigenvalue weighted by Gasteiger charge is 2.81. The van der Waals surface area contributed by atoms with Crippen molar-refractivity contribution in [2.24, 2.45) is 11.3 Å². The maximum atomic E-state index is 3.56. The van der Waals surface area contributed by atoms with Gasteiger partial charge in [-0.2, -0.15) is 0 Å². The summed E-state index contributed by atoms with van der Waals surface area (Å²) in [5, 5.41) is 0. The van der Waals surface area contributed by atoms with E-state index in [0.717, 1.165) is 16.2 Å². The third-order valence-electron chi connectivity index (χ3n) is 5.13. The Morgan fingerprint density at radius 2 is 1.79 bits per heavy atom. The van der Waals surface area contributed by atoms with Gasteiger partial charge in [0.15, 0.2) is 0 Å². The van der Waals surface area contributed by atoms with Gasteiger partial charge in [-0.1, -0.05) is 58.9 Å². The van der Waals surface area contributed by atoms with E-state index >= 15 is 0 Å². The van der Waals surface area contributed by atoms with Crippen LogP contribution >= 0.6 is 11.8 Å². The first-order chi connectivity index (χ1) is 8.70. The molecule has 110 valence electrons. The predicted molar refractivity (Wildman–Crippen MR) is 90.8 cm³/mol. The summed E-state index contributed by atoms with van der Waals surface area (Å²) in [4.78, 5) is 0. The summed E-state index contributed by atoms with van der Waals surface area (Å²) in [7, 11) is 0. The molecule has 4 rings (SSSR count). The standard InChI is InChI=1S/C10H16S.C5H8.C3H8/c1-8(2)7-4-5-9(3)10(8,6-7)11-9;1-4-5(2)3;1-3-2/h7H,4-6H2,1-3H3;4H,1-2H2,3H3;3H2,1-2H3. The van der Waals surface area contributed by atoms with Gasteiger partial charge in [0, 0.05) is 9.49 Å². The number of allylic oxidation sites excluding steroid dienone is 2. The van der Waals surface area contributed by atoms with E-state index in [1.165, 1.54) is 25.7 Å². The van der Waals surface area contributed by atoms with Gasteiger partial charge in [0.1, 0.15) is 0 Å². The minimum absolute atomic E-state index is 0.671. The third kappa shape index (κ3) is 2.68. The highest BCUT2D eigenvalue weighted by Crippen LogP contribution is 2.86. The Bertz CT molecular complexity index is 351. The van der Waals surface area contributed by atoms with Gasteiger partial charge in [-0.25, -0.2) is 0 Å². The Hall–Kier alpha value is -0.170. The number of hydrogen-bond acceptors (Lipinski definition) is 1. The summed E-state index contributed by atoms with van der Waals surface area (Å²) in [5.74, 6) is 1.06. The van der Waals surface area contributed by atoms with E-state index in [9.17, 15) is 0 Å². The van der Waals surface area contributed by atoms with Crippen molar-refractivity contribution in [2.75, 3.05) is 0 Å². The fraction of sp³-hybridized carbons (Fsp3) is 0.778. The summed E-state index contributed by atoms with van der Waals surface area (Å²) in [6, 6.07) is 0. The van der Waals surface area contributed by atoms with E-state index in [1.54, 1.807) is 6.08 Å². The molecule has 1 heterocycles. The molecular weight excluding hydrogens is 248 g/mol. The largest absolute Gasteiger partial charge is 0.145 e. The zero-order valence-electron chi connectivity index (χ0n) is 13.8. The summed E-state index contributed by atoms with van der Waals surface area (Å²) < 4.78 is 1.44. The van der Waals surface area contributed by atoms with Crippen LogP contribution in [0.3, 0.4) is 0 Å². The minimum Gasteiger partial charge on any atom is -0.145 e. The van der Waals surface area contributed by atoms with Crippen LogP contribution in [0.5, 0.6) is 0 Å². The average Bonchev–Trinajstić information content (AvgIpc) is 3.00. The van der Waals surface area contributed by atoms with E-state index in [1.807, 2.05) is 6.92 Å².